The monoisotopic (exact) mass is 1030 g/mol. The number of hydrogen-bond donors (Lipinski definition) is 6. The van der Waals surface area contributed by atoms with Crippen molar-refractivity contribution in [1.29, 1.82) is 0 Å². The van der Waals surface area contributed by atoms with Crippen LogP contribution < -0.4 is 5.32 Å². The lowest BCUT2D eigenvalue weighted by atomic mass is 9.99. The van der Waals surface area contributed by atoms with E-state index < -0.39 is 49.5 Å². The van der Waals surface area contributed by atoms with E-state index in [1.165, 1.54) is 89.9 Å². The summed E-state index contributed by atoms with van der Waals surface area (Å²) in [4.78, 5) is 13.1. The maximum atomic E-state index is 13.1. The first kappa shape index (κ1) is 68.3. The molecule has 0 saturated carbocycles. The largest absolute Gasteiger partial charge is 0.394 e. The maximum Gasteiger partial charge on any atom is 0.220 e. The quantitative estimate of drug-likeness (QED) is 0.0261. The Kier molecular flexibility index (Phi) is 48.7. The number of hydrogen-bond acceptors (Lipinski definition) is 8. The minimum absolute atomic E-state index is 0.223. The Balaban J connectivity index is 2.30. The zero-order valence-corrected chi connectivity index (χ0v) is 46.5. The third kappa shape index (κ3) is 41.6. The summed E-state index contributed by atoms with van der Waals surface area (Å²) in [5.41, 5.74) is 0. The van der Waals surface area contributed by atoms with E-state index in [0.717, 1.165) is 96.3 Å². The van der Waals surface area contributed by atoms with Gasteiger partial charge < -0.3 is 40.3 Å². The molecule has 0 aromatic rings. The van der Waals surface area contributed by atoms with Crippen molar-refractivity contribution < 1.29 is 39.8 Å². The predicted octanol–water partition coefficient (Wildman–Crippen LogP) is 14.9. The third-order valence-corrected chi connectivity index (χ3v) is 13.0. The van der Waals surface area contributed by atoms with Crippen LogP contribution in [0.2, 0.25) is 0 Å². The van der Waals surface area contributed by atoms with Crippen LogP contribution in [0.4, 0.5) is 0 Å². The van der Waals surface area contributed by atoms with E-state index in [9.17, 15) is 30.3 Å². The molecule has 0 bridgehead atoms. The van der Waals surface area contributed by atoms with Crippen LogP contribution in [0.5, 0.6) is 0 Å². The van der Waals surface area contributed by atoms with Crippen LogP contribution in [-0.2, 0) is 14.3 Å². The van der Waals surface area contributed by atoms with Gasteiger partial charge in [-0.05, 0) is 103 Å². The molecule has 7 unspecified atom stereocenters. The molecular formula is C65H107NO8. The molecule has 1 aliphatic rings. The Morgan fingerprint density at radius 3 is 1.30 bits per heavy atom. The van der Waals surface area contributed by atoms with Crippen LogP contribution >= 0.6 is 0 Å². The van der Waals surface area contributed by atoms with Crippen LogP contribution in [0, 0.1) is 0 Å². The lowest BCUT2D eigenvalue weighted by molar-refractivity contribution is -0.302. The SMILES string of the molecule is CC/C=C\C/C=C\C/C=C\C/C=C\C/C=C\C/C=C\C/C=C\C/C=C\C/C=C\CCCCCC(=O)NC(COC1OC(CO)C(O)C(O)C1O)C(O)/C=C/CC/C=C/CCCCCCCCCCCCCCCC. The predicted molar refractivity (Wildman–Crippen MR) is 313 cm³/mol. The lowest BCUT2D eigenvalue weighted by Gasteiger charge is -2.40. The number of amides is 1. The number of aliphatic hydroxyl groups excluding tert-OH is 5. The van der Waals surface area contributed by atoms with Crippen molar-refractivity contribution in [2.24, 2.45) is 0 Å². The molecule has 1 saturated heterocycles. The fourth-order valence-electron chi connectivity index (χ4n) is 8.34. The highest BCUT2D eigenvalue weighted by molar-refractivity contribution is 5.76. The van der Waals surface area contributed by atoms with Gasteiger partial charge in [-0.3, -0.25) is 4.79 Å². The summed E-state index contributed by atoms with van der Waals surface area (Å²) in [5, 5.41) is 54.5. The van der Waals surface area contributed by atoms with Gasteiger partial charge in [0.15, 0.2) is 6.29 Å². The number of rotatable bonds is 48. The summed E-state index contributed by atoms with van der Waals surface area (Å²) in [5.74, 6) is -0.224. The molecule has 6 N–H and O–H groups in total. The number of allylic oxidation sites excluding steroid dienone is 21. The number of unbranched alkanes of at least 4 members (excludes halogenated alkanes) is 18. The Morgan fingerprint density at radius 1 is 0.473 bits per heavy atom. The molecule has 0 radical (unpaired) electrons. The molecule has 1 fully saturated rings. The molecule has 74 heavy (non-hydrogen) atoms. The van der Waals surface area contributed by atoms with E-state index in [2.05, 4.69) is 141 Å². The van der Waals surface area contributed by atoms with Crippen molar-refractivity contribution >= 4 is 5.91 Å². The molecule has 9 nitrogen and oxygen atoms in total. The Bertz CT molecular complexity index is 1620. The van der Waals surface area contributed by atoms with Gasteiger partial charge in [-0.15, -0.1) is 0 Å². The Hall–Kier alpha value is -3.67. The summed E-state index contributed by atoms with van der Waals surface area (Å²) in [7, 11) is 0. The summed E-state index contributed by atoms with van der Waals surface area (Å²) in [6.45, 7) is 3.62. The average molecular weight is 1030 g/mol. The van der Waals surface area contributed by atoms with Crippen LogP contribution in [0.3, 0.4) is 0 Å². The van der Waals surface area contributed by atoms with Gasteiger partial charge in [0.1, 0.15) is 24.4 Å². The molecule has 7 atom stereocenters. The fraction of sp³-hybridized carbons (Fsp3) is 0.646. The third-order valence-electron chi connectivity index (χ3n) is 13.0. The first-order chi connectivity index (χ1) is 36.3. The highest BCUT2D eigenvalue weighted by atomic mass is 16.7. The van der Waals surface area contributed by atoms with E-state index in [-0.39, 0.29) is 18.9 Å². The fourth-order valence-corrected chi connectivity index (χ4v) is 8.34. The Labute approximate surface area is 451 Å². The van der Waals surface area contributed by atoms with E-state index >= 15 is 0 Å². The normalized spacial score (nSPS) is 20.0. The van der Waals surface area contributed by atoms with Gasteiger partial charge in [-0.25, -0.2) is 0 Å². The highest BCUT2D eigenvalue weighted by Crippen LogP contribution is 2.23. The second-order valence-electron chi connectivity index (χ2n) is 19.7. The summed E-state index contributed by atoms with van der Waals surface area (Å²) in [6.07, 6.45) is 73.7. The number of ether oxygens (including phenoxy) is 2. The molecule has 0 aromatic carbocycles. The van der Waals surface area contributed by atoms with Crippen molar-refractivity contribution in [3.8, 4) is 0 Å². The van der Waals surface area contributed by atoms with Gasteiger partial charge in [-0.2, -0.15) is 0 Å². The van der Waals surface area contributed by atoms with Crippen molar-refractivity contribution in [3.05, 3.63) is 134 Å². The van der Waals surface area contributed by atoms with Gasteiger partial charge in [0.25, 0.3) is 0 Å². The molecule has 1 heterocycles. The first-order valence-corrected chi connectivity index (χ1v) is 29.4. The van der Waals surface area contributed by atoms with E-state index in [1.807, 2.05) is 6.08 Å². The summed E-state index contributed by atoms with van der Waals surface area (Å²) in [6, 6.07) is -0.851. The zero-order valence-electron chi connectivity index (χ0n) is 46.5. The zero-order chi connectivity index (χ0) is 53.6. The second-order valence-corrected chi connectivity index (χ2v) is 19.7. The lowest BCUT2D eigenvalue weighted by Crippen LogP contribution is -2.60. The average Bonchev–Trinajstić information content (AvgIpc) is 3.40. The van der Waals surface area contributed by atoms with Crippen LogP contribution in [0.25, 0.3) is 0 Å². The molecule has 0 spiro atoms. The van der Waals surface area contributed by atoms with E-state index in [1.54, 1.807) is 6.08 Å². The second kappa shape index (κ2) is 52.8. The van der Waals surface area contributed by atoms with Gasteiger partial charge in [0, 0.05) is 6.42 Å². The molecular weight excluding hydrogens is 923 g/mol. The summed E-state index contributed by atoms with van der Waals surface area (Å²) < 4.78 is 11.2. The van der Waals surface area contributed by atoms with E-state index in [0.29, 0.717) is 6.42 Å². The van der Waals surface area contributed by atoms with Gasteiger partial charge in [-0.1, -0.05) is 237 Å². The number of nitrogens with one attached hydrogen (secondary N) is 1. The highest BCUT2D eigenvalue weighted by Gasteiger charge is 2.44. The molecule has 1 amide bonds. The van der Waals surface area contributed by atoms with Crippen molar-refractivity contribution in [2.45, 2.75) is 256 Å². The minimum atomic E-state index is -1.59. The molecule has 9 heteroatoms. The first-order valence-electron chi connectivity index (χ1n) is 29.4. The minimum Gasteiger partial charge on any atom is -0.394 e. The standard InChI is InChI=1S/C65H107NO8/c1-3-5-7-9-11-13-15-17-19-21-23-25-26-27-28-29-30-31-32-33-34-35-37-39-41-43-45-47-49-51-53-55-61(69)66-58(57-73-65-64(72)63(71)62(70)60(56-67)74-65)59(68)54-52-50-48-46-44-42-40-38-36-24-22-20-18-16-14-12-10-8-6-4-2/h5,7,11,13,17,19,23,25,27-28,30-31,33-34,37,39,43-46,52,54,58-60,62-65,67-68,70-72H,3-4,6,8-10,12,14-16,18,20-22,24,26,29,32,35-36,38,40-42,47-51,53,55-57H2,1-2H3,(H,66,69)/b7-5-,13-11-,19-17-,25-23-,28-27-,31-30-,34-33-,39-37-,45-43-,46-44+,54-52+. The molecule has 1 rings (SSSR count). The van der Waals surface area contributed by atoms with Crippen molar-refractivity contribution in [2.75, 3.05) is 13.2 Å². The smallest absolute Gasteiger partial charge is 0.220 e. The Morgan fingerprint density at radius 2 is 0.851 bits per heavy atom. The molecule has 0 aromatic heterocycles. The maximum absolute atomic E-state index is 13.1. The van der Waals surface area contributed by atoms with Gasteiger partial charge >= 0.3 is 0 Å². The van der Waals surface area contributed by atoms with Crippen molar-refractivity contribution in [3.63, 3.8) is 0 Å². The topological polar surface area (TPSA) is 149 Å². The number of aliphatic hydroxyl groups is 5. The van der Waals surface area contributed by atoms with Crippen LogP contribution in [0.1, 0.15) is 213 Å². The van der Waals surface area contributed by atoms with Crippen LogP contribution in [-0.4, -0.2) is 87.5 Å². The molecule has 420 valence electrons. The molecule has 0 aliphatic carbocycles. The van der Waals surface area contributed by atoms with Crippen molar-refractivity contribution in [1.82, 2.24) is 5.32 Å². The van der Waals surface area contributed by atoms with Gasteiger partial charge in [0.05, 0.1) is 25.4 Å². The molecule has 1 aliphatic heterocycles. The summed E-state index contributed by atoms with van der Waals surface area (Å²) >= 11 is 0. The number of carbonyl (C=O) groups excluding carboxylic acids is 1. The number of carbonyl (C=O) groups is 1. The van der Waals surface area contributed by atoms with E-state index in [4.69, 9.17) is 9.47 Å². The van der Waals surface area contributed by atoms with Gasteiger partial charge in [0.2, 0.25) is 5.91 Å². The van der Waals surface area contributed by atoms with Crippen LogP contribution in [0.15, 0.2) is 134 Å².